The highest BCUT2D eigenvalue weighted by atomic mass is 32.1. The second-order valence-electron chi connectivity index (χ2n) is 4.32. The molecule has 2 aromatic rings. The SMILES string of the molecule is [C-]#[N+]c1ccc2cc(C(F)(F)P(=O)(OCC)OCC)sc2c1. The van der Waals surface area contributed by atoms with Gasteiger partial charge in [0, 0.05) is 4.70 Å². The summed E-state index contributed by atoms with van der Waals surface area (Å²) in [6.45, 7) is 9.64. The van der Waals surface area contributed by atoms with E-state index in [4.69, 9.17) is 15.6 Å². The first-order chi connectivity index (χ1) is 10.4. The van der Waals surface area contributed by atoms with E-state index in [1.807, 2.05) is 0 Å². The van der Waals surface area contributed by atoms with Crippen LogP contribution in [-0.4, -0.2) is 13.2 Å². The number of halogens is 2. The van der Waals surface area contributed by atoms with E-state index in [0.29, 0.717) is 15.8 Å². The second kappa shape index (κ2) is 6.43. The molecule has 4 nitrogen and oxygen atoms in total. The van der Waals surface area contributed by atoms with Gasteiger partial charge in [0.05, 0.1) is 24.7 Å². The number of thiophene rings is 1. The molecular weight excluding hydrogens is 331 g/mol. The molecule has 0 aliphatic heterocycles. The lowest BCUT2D eigenvalue weighted by molar-refractivity contribution is 0.0392. The molecule has 0 aliphatic rings. The maximum Gasteiger partial charge on any atom is 0.405 e. The molecule has 22 heavy (non-hydrogen) atoms. The van der Waals surface area contributed by atoms with Crippen LogP contribution in [0.4, 0.5) is 14.5 Å². The minimum atomic E-state index is -4.60. The van der Waals surface area contributed by atoms with Crippen LogP contribution in [-0.2, 0) is 19.3 Å². The Kier molecular flexibility index (Phi) is 4.98. The monoisotopic (exact) mass is 345 g/mol. The zero-order valence-corrected chi connectivity index (χ0v) is 13.7. The summed E-state index contributed by atoms with van der Waals surface area (Å²) in [5.74, 6) is 0. The predicted molar refractivity (Wildman–Crippen MR) is 82.8 cm³/mol. The zero-order chi connectivity index (χ0) is 16.4. The van der Waals surface area contributed by atoms with E-state index >= 15 is 0 Å². The Labute approximate surface area is 131 Å². The maximum absolute atomic E-state index is 14.6. The smallest absolute Gasteiger partial charge is 0.304 e. The van der Waals surface area contributed by atoms with Gasteiger partial charge in [0.2, 0.25) is 0 Å². The Hall–Kier alpha value is -1.32. The fourth-order valence-corrected chi connectivity index (χ4v) is 4.77. The number of nitrogens with zero attached hydrogens (tertiary/aromatic N) is 1. The molecule has 0 saturated heterocycles. The Morgan fingerprint density at radius 3 is 2.45 bits per heavy atom. The summed E-state index contributed by atoms with van der Waals surface area (Å²) in [6, 6.07) is 5.93. The summed E-state index contributed by atoms with van der Waals surface area (Å²) in [5.41, 5.74) is -3.37. The number of hydrogen-bond donors (Lipinski definition) is 0. The van der Waals surface area contributed by atoms with Crippen molar-refractivity contribution in [2.24, 2.45) is 0 Å². The van der Waals surface area contributed by atoms with Gasteiger partial charge in [-0.05, 0) is 31.4 Å². The number of hydrogen-bond acceptors (Lipinski definition) is 4. The van der Waals surface area contributed by atoms with Gasteiger partial charge < -0.3 is 9.05 Å². The molecule has 0 radical (unpaired) electrons. The highest BCUT2D eigenvalue weighted by molar-refractivity contribution is 7.55. The predicted octanol–water partition coefficient (Wildman–Crippen LogP) is 5.77. The van der Waals surface area contributed by atoms with Crippen molar-refractivity contribution >= 4 is 34.7 Å². The van der Waals surface area contributed by atoms with Crippen LogP contribution in [0, 0.1) is 6.57 Å². The van der Waals surface area contributed by atoms with E-state index in [9.17, 15) is 13.3 Å². The third-order valence-corrected chi connectivity index (χ3v) is 6.32. The first-order valence-electron chi connectivity index (χ1n) is 6.56. The molecule has 0 saturated carbocycles. The second-order valence-corrected chi connectivity index (χ2v) is 7.48. The summed E-state index contributed by atoms with van der Waals surface area (Å²) in [5, 5.41) is 0.562. The van der Waals surface area contributed by atoms with Gasteiger partial charge in [-0.1, -0.05) is 12.1 Å². The molecule has 0 amide bonds. The normalized spacial score (nSPS) is 12.5. The molecule has 0 bridgehead atoms. The standard InChI is InChI=1S/C14H14F2NO3PS/c1-4-19-21(18,20-5-2)14(15,16)13-8-10-6-7-11(17-3)9-12(10)22-13/h6-9H,4-5H2,1-2H3. The minimum Gasteiger partial charge on any atom is -0.304 e. The lowest BCUT2D eigenvalue weighted by atomic mass is 10.2. The molecule has 0 N–H and O–H groups in total. The molecular formula is C14H14F2NO3PS. The van der Waals surface area contributed by atoms with Crippen molar-refractivity contribution in [1.82, 2.24) is 0 Å². The number of fused-ring (bicyclic) bond motifs is 1. The molecule has 118 valence electrons. The van der Waals surface area contributed by atoms with E-state index in [2.05, 4.69) is 4.85 Å². The van der Waals surface area contributed by atoms with E-state index in [1.54, 1.807) is 12.1 Å². The summed E-state index contributed by atoms with van der Waals surface area (Å²) in [7, 11) is -4.60. The number of rotatable bonds is 6. The summed E-state index contributed by atoms with van der Waals surface area (Å²) >= 11 is 0.787. The van der Waals surface area contributed by atoms with Crippen LogP contribution in [0.2, 0.25) is 0 Å². The van der Waals surface area contributed by atoms with Crippen molar-refractivity contribution in [3.8, 4) is 0 Å². The van der Waals surface area contributed by atoms with E-state index in [-0.39, 0.29) is 13.2 Å². The summed E-state index contributed by atoms with van der Waals surface area (Å²) in [4.78, 5) is 2.87. The van der Waals surface area contributed by atoms with Crippen LogP contribution in [0.1, 0.15) is 18.7 Å². The van der Waals surface area contributed by atoms with Crippen molar-refractivity contribution in [1.29, 1.82) is 0 Å². The first-order valence-corrected chi connectivity index (χ1v) is 8.92. The molecule has 0 fully saturated rings. The van der Waals surface area contributed by atoms with Crippen LogP contribution in [0.15, 0.2) is 24.3 Å². The average Bonchev–Trinajstić information content (AvgIpc) is 2.91. The average molecular weight is 345 g/mol. The van der Waals surface area contributed by atoms with Gasteiger partial charge >= 0.3 is 13.3 Å². The van der Waals surface area contributed by atoms with Crippen molar-refractivity contribution in [3.05, 3.63) is 40.6 Å². The van der Waals surface area contributed by atoms with Gasteiger partial charge in [-0.15, -0.1) is 11.3 Å². The van der Waals surface area contributed by atoms with Crippen LogP contribution >= 0.6 is 18.9 Å². The number of alkyl halides is 2. The molecule has 0 atom stereocenters. The van der Waals surface area contributed by atoms with Crippen molar-refractivity contribution in [2.45, 2.75) is 19.5 Å². The Morgan fingerprint density at radius 2 is 1.91 bits per heavy atom. The maximum atomic E-state index is 14.6. The van der Waals surface area contributed by atoms with E-state index in [1.165, 1.54) is 26.0 Å². The van der Waals surface area contributed by atoms with Crippen LogP contribution in [0.3, 0.4) is 0 Å². The van der Waals surface area contributed by atoms with Gasteiger partial charge in [-0.25, -0.2) is 4.85 Å². The molecule has 0 spiro atoms. The fourth-order valence-electron chi connectivity index (χ4n) is 1.91. The molecule has 1 aromatic carbocycles. The van der Waals surface area contributed by atoms with Crippen LogP contribution in [0.5, 0.6) is 0 Å². The highest BCUT2D eigenvalue weighted by Crippen LogP contribution is 2.67. The van der Waals surface area contributed by atoms with E-state index in [0.717, 1.165) is 11.3 Å². The van der Waals surface area contributed by atoms with Gasteiger partial charge in [0.1, 0.15) is 0 Å². The third-order valence-electron chi connectivity index (χ3n) is 2.87. The lowest BCUT2D eigenvalue weighted by Crippen LogP contribution is -2.16. The van der Waals surface area contributed by atoms with Gasteiger partial charge in [-0.2, -0.15) is 8.78 Å². The van der Waals surface area contributed by atoms with Crippen molar-refractivity contribution in [3.63, 3.8) is 0 Å². The zero-order valence-electron chi connectivity index (χ0n) is 12.0. The lowest BCUT2D eigenvalue weighted by Gasteiger charge is -2.24. The molecule has 8 heteroatoms. The highest BCUT2D eigenvalue weighted by Gasteiger charge is 2.55. The number of benzene rings is 1. The van der Waals surface area contributed by atoms with Gasteiger partial charge in [-0.3, -0.25) is 4.57 Å². The quantitative estimate of drug-likeness (QED) is 0.493. The van der Waals surface area contributed by atoms with Crippen LogP contribution < -0.4 is 0 Å². The molecule has 0 unspecified atom stereocenters. The Bertz CT molecular complexity index is 759. The van der Waals surface area contributed by atoms with E-state index < -0.39 is 18.1 Å². The summed E-state index contributed by atoms with van der Waals surface area (Å²) < 4.78 is 51.7. The van der Waals surface area contributed by atoms with Crippen LogP contribution in [0.25, 0.3) is 14.9 Å². The van der Waals surface area contributed by atoms with Gasteiger partial charge in [0.15, 0.2) is 5.69 Å². The molecule has 0 aliphatic carbocycles. The fraction of sp³-hybridized carbons (Fsp3) is 0.357. The first kappa shape index (κ1) is 17.0. The third kappa shape index (κ3) is 2.92. The molecule has 1 aromatic heterocycles. The van der Waals surface area contributed by atoms with Crippen molar-refractivity contribution in [2.75, 3.05) is 13.2 Å². The Balaban J connectivity index is 2.52. The Morgan fingerprint density at radius 1 is 1.27 bits per heavy atom. The molecule has 1 heterocycles. The topological polar surface area (TPSA) is 39.9 Å². The van der Waals surface area contributed by atoms with Crippen molar-refractivity contribution < 1.29 is 22.4 Å². The largest absolute Gasteiger partial charge is 0.405 e. The molecule has 2 rings (SSSR count). The summed E-state index contributed by atoms with van der Waals surface area (Å²) in [6.07, 6.45) is 0. The minimum absolute atomic E-state index is 0.139. The van der Waals surface area contributed by atoms with Gasteiger partial charge in [0.25, 0.3) is 0 Å².